The zero-order valence-electron chi connectivity index (χ0n) is 19.4. The first kappa shape index (κ1) is 22.2. The molecule has 0 radical (unpaired) electrons. The molecule has 1 heterocycles. The van der Waals surface area contributed by atoms with E-state index in [2.05, 4.69) is 0 Å². The van der Waals surface area contributed by atoms with Gasteiger partial charge >= 0.3 is 5.97 Å². The number of carboxylic acids is 1. The van der Waals surface area contributed by atoms with E-state index in [0.29, 0.717) is 34.0 Å². The molecule has 0 aromatic heterocycles. The van der Waals surface area contributed by atoms with E-state index in [1.54, 1.807) is 42.5 Å². The standard InChI is InChI=1S/C29H22O6/c1-15-10-18(29(32)33)4-7-22(15)27-23-8-5-19(30)13-25(23)35-26-14-20(6-9-24(26)27)34-21-11-16(2)28(31)17(3)12-21/h4-14,31H,1-3H3,(H,32,33). The maximum Gasteiger partial charge on any atom is 0.335 e. The summed E-state index contributed by atoms with van der Waals surface area (Å²) in [5, 5.41) is 20.2. The molecule has 0 unspecified atom stereocenters. The van der Waals surface area contributed by atoms with E-state index in [1.165, 1.54) is 12.1 Å². The number of hydrogen-bond acceptors (Lipinski definition) is 5. The number of fused-ring (bicyclic) bond motifs is 2. The lowest BCUT2D eigenvalue weighted by Crippen LogP contribution is -2.01. The van der Waals surface area contributed by atoms with Crippen LogP contribution in [-0.4, -0.2) is 16.2 Å². The Morgan fingerprint density at radius 2 is 1.51 bits per heavy atom. The van der Waals surface area contributed by atoms with Gasteiger partial charge in [0.1, 0.15) is 28.6 Å². The third kappa shape index (κ3) is 3.99. The summed E-state index contributed by atoms with van der Waals surface area (Å²) in [5.41, 5.74) is 5.21. The molecule has 1 aliphatic carbocycles. The molecule has 3 aromatic carbocycles. The van der Waals surface area contributed by atoms with Crippen LogP contribution in [0.4, 0.5) is 0 Å². The predicted octanol–water partition coefficient (Wildman–Crippen LogP) is 6.69. The SMILES string of the molecule is Cc1cc(C(=O)O)ccc1-c1c2ccc(=O)cc-2oc2cc(Oc3cc(C)c(O)c(C)c3)ccc12. The first-order chi connectivity index (χ1) is 16.7. The summed E-state index contributed by atoms with van der Waals surface area (Å²) >= 11 is 0. The van der Waals surface area contributed by atoms with Crippen molar-refractivity contribution in [2.45, 2.75) is 20.8 Å². The van der Waals surface area contributed by atoms with Crippen molar-refractivity contribution in [2.75, 3.05) is 0 Å². The fourth-order valence-corrected chi connectivity index (χ4v) is 4.39. The topological polar surface area (TPSA) is 97.0 Å². The van der Waals surface area contributed by atoms with Crippen LogP contribution in [0.15, 0.2) is 75.9 Å². The van der Waals surface area contributed by atoms with Crippen LogP contribution in [0.25, 0.3) is 33.4 Å². The third-order valence-electron chi connectivity index (χ3n) is 6.11. The number of rotatable bonds is 4. The molecule has 174 valence electrons. The largest absolute Gasteiger partial charge is 0.507 e. The van der Waals surface area contributed by atoms with Crippen molar-refractivity contribution in [1.82, 2.24) is 0 Å². The first-order valence-corrected chi connectivity index (χ1v) is 11.0. The van der Waals surface area contributed by atoms with E-state index >= 15 is 0 Å². The van der Waals surface area contributed by atoms with Gasteiger partial charge in [-0.3, -0.25) is 4.79 Å². The predicted molar refractivity (Wildman–Crippen MR) is 134 cm³/mol. The summed E-state index contributed by atoms with van der Waals surface area (Å²) in [5.74, 6) is 0.789. The first-order valence-electron chi connectivity index (χ1n) is 11.0. The van der Waals surface area contributed by atoms with Gasteiger partial charge < -0.3 is 19.4 Å². The number of ether oxygens (including phenoxy) is 1. The molecular formula is C29H22O6. The molecule has 0 spiro atoms. The van der Waals surface area contributed by atoms with Gasteiger partial charge in [0.2, 0.25) is 0 Å². The number of aryl methyl sites for hydroxylation is 3. The van der Waals surface area contributed by atoms with E-state index in [4.69, 9.17) is 9.15 Å². The Kier molecular flexibility index (Phi) is 5.29. The highest BCUT2D eigenvalue weighted by Crippen LogP contribution is 2.42. The minimum Gasteiger partial charge on any atom is -0.507 e. The molecule has 35 heavy (non-hydrogen) atoms. The Labute approximate surface area is 201 Å². The maximum atomic E-state index is 12.1. The summed E-state index contributed by atoms with van der Waals surface area (Å²) < 4.78 is 12.2. The number of aromatic hydroxyl groups is 1. The van der Waals surface area contributed by atoms with Crippen LogP contribution in [0.1, 0.15) is 27.0 Å². The van der Waals surface area contributed by atoms with Gasteiger partial charge in [0, 0.05) is 28.6 Å². The summed E-state index contributed by atoms with van der Waals surface area (Å²) in [7, 11) is 0. The average molecular weight is 466 g/mol. The minimum atomic E-state index is -0.991. The van der Waals surface area contributed by atoms with Gasteiger partial charge in [0.15, 0.2) is 5.43 Å². The molecule has 0 saturated carbocycles. The highest BCUT2D eigenvalue weighted by Gasteiger charge is 2.20. The quantitative estimate of drug-likeness (QED) is 0.287. The fraction of sp³-hybridized carbons (Fsp3) is 0.103. The zero-order chi connectivity index (χ0) is 24.9. The minimum absolute atomic E-state index is 0.174. The maximum absolute atomic E-state index is 12.1. The van der Waals surface area contributed by atoms with Crippen molar-refractivity contribution in [3.05, 3.63) is 99.2 Å². The second-order valence-corrected chi connectivity index (χ2v) is 8.64. The molecule has 6 heteroatoms. The van der Waals surface area contributed by atoms with E-state index < -0.39 is 5.97 Å². The van der Waals surface area contributed by atoms with Gasteiger partial charge in [-0.2, -0.15) is 0 Å². The van der Waals surface area contributed by atoms with Crippen molar-refractivity contribution in [1.29, 1.82) is 0 Å². The van der Waals surface area contributed by atoms with Crippen LogP contribution < -0.4 is 10.2 Å². The van der Waals surface area contributed by atoms with Gasteiger partial charge in [0.25, 0.3) is 0 Å². The van der Waals surface area contributed by atoms with Crippen LogP contribution >= 0.6 is 0 Å². The molecule has 2 aliphatic rings. The molecule has 0 atom stereocenters. The van der Waals surface area contributed by atoms with Crippen molar-refractivity contribution < 1.29 is 24.2 Å². The molecule has 0 bridgehead atoms. The number of phenolic OH excluding ortho intramolecular Hbond substituents is 1. The van der Waals surface area contributed by atoms with Gasteiger partial charge in [-0.05, 0) is 91.6 Å². The van der Waals surface area contributed by atoms with E-state index in [9.17, 15) is 19.8 Å². The van der Waals surface area contributed by atoms with Crippen LogP contribution in [0, 0.1) is 20.8 Å². The highest BCUT2D eigenvalue weighted by atomic mass is 16.5. The highest BCUT2D eigenvalue weighted by molar-refractivity contribution is 6.03. The fourth-order valence-electron chi connectivity index (χ4n) is 4.39. The van der Waals surface area contributed by atoms with Crippen molar-refractivity contribution in [3.63, 3.8) is 0 Å². The summed E-state index contributed by atoms with van der Waals surface area (Å²) in [6.45, 7) is 5.47. The third-order valence-corrected chi connectivity index (χ3v) is 6.11. The van der Waals surface area contributed by atoms with Gasteiger partial charge in [-0.1, -0.05) is 6.07 Å². The van der Waals surface area contributed by atoms with Crippen molar-refractivity contribution >= 4 is 16.9 Å². The smallest absolute Gasteiger partial charge is 0.335 e. The molecule has 6 nitrogen and oxygen atoms in total. The molecule has 0 saturated heterocycles. The number of carbonyl (C=O) groups is 1. The van der Waals surface area contributed by atoms with E-state index in [1.807, 2.05) is 32.9 Å². The molecule has 5 rings (SSSR count). The Bertz CT molecular complexity index is 1640. The van der Waals surface area contributed by atoms with Crippen molar-refractivity contribution in [2.24, 2.45) is 0 Å². The number of phenols is 1. The number of benzene rings is 4. The summed E-state index contributed by atoms with van der Waals surface area (Å²) in [4.78, 5) is 23.5. The van der Waals surface area contributed by atoms with Crippen LogP contribution in [0.3, 0.4) is 0 Å². The van der Waals surface area contributed by atoms with E-state index in [0.717, 1.165) is 27.6 Å². The molecular weight excluding hydrogens is 444 g/mol. The zero-order valence-corrected chi connectivity index (χ0v) is 19.4. The number of carboxylic acid groups (broad SMARTS) is 1. The molecule has 3 aromatic rings. The molecule has 2 N–H and O–H groups in total. The lowest BCUT2D eigenvalue weighted by molar-refractivity contribution is 0.0696. The molecule has 0 amide bonds. The Morgan fingerprint density at radius 3 is 2.20 bits per heavy atom. The summed E-state index contributed by atoms with van der Waals surface area (Å²) in [6.07, 6.45) is 0. The molecule has 0 fully saturated rings. The van der Waals surface area contributed by atoms with Crippen LogP contribution in [0.5, 0.6) is 17.2 Å². The monoisotopic (exact) mass is 466 g/mol. The van der Waals surface area contributed by atoms with Crippen LogP contribution in [0.2, 0.25) is 0 Å². The Morgan fingerprint density at radius 1 is 0.800 bits per heavy atom. The summed E-state index contributed by atoms with van der Waals surface area (Å²) in [6, 6.07) is 18.6. The normalized spacial score (nSPS) is 11.2. The van der Waals surface area contributed by atoms with Crippen LogP contribution in [-0.2, 0) is 0 Å². The second-order valence-electron chi connectivity index (χ2n) is 8.64. The Balaban J connectivity index is 1.71. The van der Waals surface area contributed by atoms with Gasteiger partial charge in [0.05, 0.1) is 5.56 Å². The van der Waals surface area contributed by atoms with Gasteiger partial charge in [-0.15, -0.1) is 0 Å². The molecule has 1 aliphatic heterocycles. The lowest BCUT2D eigenvalue weighted by Gasteiger charge is -2.17. The van der Waals surface area contributed by atoms with Crippen molar-refractivity contribution in [3.8, 4) is 39.7 Å². The Hall–Kier alpha value is -4.58. The van der Waals surface area contributed by atoms with Gasteiger partial charge in [-0.25, -0.2) is 4.79 Å². The number of hydrogen-bond donors (Lipinski definition) is 2. The second kappa shape index (κ2) is 8.33. The number of aromatic carboxylic acids is 1. The lowest BCUT2D eigenvalue weighted by atomic mass is 9.90. The van der Waals surface area contributed by atoms with E-state index in [-0.39, 0.29) is 16.7 Å². The average Bonchev–Trinajstić information content (AvgIpc) is 2.81.